The number of nitrogens with zero attached hydrogens (tertiary/aromatic N) is 3. The van der Waals surface area contributed by atoms with Gasteiger partial charge in [-0.05, 0) is 48.5 Å². The van der Waals surface area contributed by atoms with Crippen LogP contribution < -0.4 is 9.64 Å². The van der Waals surface area contributed by atoms with Gasteiger partial charge in [0.15, 0.2) is 11.5 Å². The van der Waals surface area contributed by atoms with E-state index < -0.39 is 0 Å². The van der Waals surface area contributed by atoms with Gasteiger partial charge in [-0.1, -0.05) is 48.5 Å². The third-order valence-corrected chi connectivity index (χ3v) is 5.30. The van der Waals surface area contributed by atoms with Crippen LogP contribution in [0, 0.1) is 0 Å². The summed E-state index contributed by atoms with van der Waals surface area (Å²) < 4.78 is 6.10. The van der Waals surface area contributed by atoms with Crippen molar-refractivity contribution in [2.24, 2.45) is 0 Å². The molecular weight excluding hydrogens is 370 g/mol. The van der Waals surface area contributed by atoms with Crippen molar-refractivity contribution in [3.63, 3.8) is 0 Å². The molecule has 0 fully saturated rings. The van der Waals surface area contributed by atoms with Crippen molar-refractivity contribution in [1.82, 2.24) is 9.97 Å². The molecule has 0 amide bonds. The molecular formula is C26H17N3O. The first kappa shape index (κ1) is 16.7. The molecule has 4 heteroatoms. The van der Waals surface area contributed by atoms with Crippen LogP contribution >= 0.6 is 0 Å². The van der Waals surface area contributed by atoms with Gasteiger partial charge in [-0.25, -0.2) is 4.98 Å². The Kier molecular flexibility index (Phi) is 3.74. The molecule has 30 heavy (non-hydrogen) atoms. The average molecular weight is 387 g/mol. The monoisotopic (exact) mass is 387 g/mol. The first-order chi connectivity index (χ1) is 14.9. The summed E-state index contributed by atoms with van der Waals surface area (Å²) in [5, 5.41) is 0. The highest BCUT2D eigenvalue weighted by molar-refractivity contribution is 5.86. The Morgan fingerprint density at radius 3 is 1.90 bits per heavy atom. The van der Waals surface area contributed by atoms with Crippen molar-refractivity contribution in [3.8, 4) is 22.8 Å². The Labute approximate surface area is 174 Å². The normalized spacial score (nSPS) is 12.2. The van der Waals surface area contributed by atoms with Gasteiger partial charge in [0.05, 0.1) is 34.3 Å². The Bertz CT molecular complexity index is 1330. The number of anilines is 3. The highest BCUT2D eigenvalue weighted by Crippen LogP contribution is 2.50. The van der Waals surface area contributed by atoms with E-state index in [-0.39, 0.29) is 0 Å². The minimum absolute atomic E-state index is 0.848. The molecule has 0 radical (unpaired) electrons. The van der Waals surface area contributed by atoms with Gasteiger partial charge < -0.3 is 9.64 Å². The Morgan fingerprint density at radius 1 is 0.600 bits per heavy atom. The van der Waals surface area contributed by atoms with Crippen molar-refractivity contribution >= 4 is 28.1 Å². The molecule has 2 heterocycles. The van der Waals surface area contributed by atoms with Crippen LogP contribution in [0.5, 0.6) is 11.5 Å². The lowest BCUT2D eigenvalue weighted by Crippen LogP contribution is -2.15. The number of ether oxygens (including phenoxy) is 1. The Hall–Kier alpha value is -4.18. The second-order valence-electron chi connectivity index (χ2n) is 7.16. The summed E-state index contributed by atoms with van der Waals surface area (Å²) in [5.41, 5.74) is 6.81. The number of aromatic nitrogens is 2. The van der Waals surface area contributed by atoms with Crippen molar-refractivity contribution in [2.45, 2.75) is 0 Å². The predicted molar refractivity (Wildman–Crippen MR) is 120 cm³/mol. The van der Waals surface area contributed by atoms with E-state index in [1.807, 2.05) is 66.9 Å². The number of fused-ring (bicyclic) bond motifs is 3. The fraction of sp³-hybridized carbons (Fsp3) is 0. The quantitative estimate of drug-likeness (QED) is 0.325. The highest BCUT2D eigenvalue weighted by Gasteiger charge is 2.25. The van der Waals surface area contributed by atoms with E-state index in [2.05, 4.69) is 46.3 Å². The van der Waals surface area contributed by atoms with Crippen LogP contribution in [-0.4, -0.2) is 9.97 Å². The molecule has 4 nitrogen and oxygen atoms in total. The summed E-state index contributed by atoms with van der Waals surface area (Å²) in [6.45, 7) is 0. The van der Waals surface area contributed by atoms with Gasteiger partial charge in [0.25, 0.3) is 0 Å². The van der Waals surface area contributed by atoms with E-state index in [1.165, 1.54) is 0 Å². The molecule has 0 atom stereocenters. The van der Waals surface area contributed by atoms with Gasteiger partial charge >= 0.3 is 0 Å². The minimum atomic E-state index is 0.848. The van der Waals surface area contributed by atoms with Gasteiger partial charge in [-0.3, -0.25) is 4.98 Å². The number of benzene rings is 4. The largest absolute Gasteiger partial charge is 0.453 e. The summed E-state index contributed by atoms with van der Waals surface area (Å²) in [6.07, 6.45) is 1.83. The van der Waals surface area contributed by atoms with Crippen molar-refractivity contribution < 1.29 is 4.74 Å². The topological polar surface area (TPSA) is 38.2 Å². The number of para-hydroxylation sites is 6. The highest BCUT2D eigenvalue weighted by atomic mass is 16.5. The van der Waals surface area contributed by atoms with Crippen LogP contribution in [-0.2, 0) is 0 Å². The minimum Gasteiger partial charge on any atom is -0.453 e. The maximum atomic E-state index is 6.10. The molecule has 0 unspecified atom stereocenters. The van der Waals surface area contributed by atoms with E-state index in [0.29, 0.717) is 0 Å². The van der Waals surface area contributed by atoms with Crippen LogP contribution in [0.4, 0.5) is 17.1 Å². The molecule has 0 aliphatic carbocycles. The molecule has 1 aliphatic rings. The Balaban J connectivity index is 1.43. The second-order valence-corrected chi connectivity index (χ2v) is 7.16. The van der Waals surface area contributed by atoms with E-state index in [9.17, 15) is 0 Å². The van der Waals surface area contributed by atoms with E-state index in [1.54, 1.807) is 0 Å². The maximum absolute atomic E-state index is 6.10. The van der Waals surface area contributed by atoms with Gasteiger partial charge in [-0.2, -0.15) is 0 Å². The molecule has 0 N–H and O–H groups in total. The summed E-state index contributed by atoms with van der Waals surface area (Å²) >= 11 is 0. The zero-order chi connectivity index (χ0) is 19.9. The van der Waals surface area contributed by atoms with Crippen molar-refractivity contribution in [3.05, 3.63) is 103 Å². The summed E-state index contributed by atoms with van der Waals surface area (Å²) in [7, 11) is 0. The number of hydrogen-bond acceptors (Lipinski definition) is 4. The molecule has 0 saturated heterocycles. The van der Waals surface area contributed by atoms with Gasteiger partial charge in [0.2, 0.25) is 0 Å². The fourth-order valence-electron chi connectivity index (χ4n) is 3.86. The molecule has 0 spiro atoms. The molecule has 1 aromatic heterocycles. The molecule has 142 valence electrons. The van der Waals surface area contributed by atoms with Gasteiger partial charge in [0.1, 0.15) is 0 Å². The van der Waals surface area contributed by atoms with Crippen molar-refractivity contribution in [2.75, 3.05) is 4.90 Å². The average Bonchev–Trinajstić information content (AvgIpc) is 2.82. The molecule has 1 aliphatic heterocycles. The van der Waals surface area contributed by atoms with E-state index >= 15 is 0 Å². The first-order valence-electron chi connectivity index (χ1n) is 9.85. The van der Waals surface area contributed by atoms with Crippen LogP contribution in [0.25, 0.3) is 22.3 Å². The third kappa shape index (κ3) is 2.70. The lowest BCUT2D eigenvalue weighted by molar-refractivity contribution is 0.477. The number of rotatable bonds is 2. The van der Waals surface area contributed by atoms with Crippen LogP contribution in [0.15, 0.2) is 103 Å². The van der Waals surface area contributed by atoms with Gasteiger partial charge in [-0.15, -0.1) is 0 Å². The second kappa shape index (κ2) is 6.71. The van der Waals surface area contributed by atoms with Crippen LogP contribution in [0.3, 0.4) is 0 Å². The maximum Gasteiger partial charge on any atom is 0.151 e. The molecule has 4 aromatic carbocycles. The zero-order valence-corrected chi connectivity index (χ0v) is 16.1. The zero-order valence-electron chi connectivity index (χ0n) is 16.1. The summed E-state index contributed by atoms with van der Waals surface area (Å²) in [6, 6.07) is 32.5. The third-order valence-electron chi connectivity index (χ3n) is 5.30. The SMILES string of the molecule is c1ccc2c(c1)Oc1ccccc1N2c1ccc(-c2cnc3ccccc3n2)cc1. The van der Waals surface area contributed by atoms with Gasteiger partial charge in [0, 0.05) is 11.3 Å². The lowest BCUT2D eigenvalue weighted by Gasteiger charge is -2.32. The smallest absolute Gasteiger partial charge is 0.151 e. The molecule has 0 saturated carbocycles. The van der Waals surface area contributed by atoms with Crippen molar-refractivity contribution in [1.29, 1.82) is 0 Å². The standard InChI is InChI=1S/C26H17N3O/c1-2-8-21-20(7-1)27-17-22(28-21)18-13-15-19(16-14-18)29-23-9-3-5-11-25(23)30-26-12-6-4-10-24(26)29/h1-17H. The number of hydrogen-bond donors (Lipinski definition) is 0. The predicted octanol–water partition coefficient (Wildman–Crippen LogP) is 6.87. The fourth-order valence-corrected chi connectivity index (χ4v) is 3.86. The summed E-state index contributed by atoms with van der Waals surface area (Å²) in [5.74, 6) is 1.70. The van der Waals surface area contributed by atoms with Crippen LogP contribution in [0.1, 0.15) is 0 Å². The lowest BCUT2D eigenvalue weighted by atomic mass is 10.1. The Morgan fingerprint density at radius 2 is 1.20 bits per heavy atom. The summed E-state index contributed by atoms with van der Waals surface area (Å²) in [4.78, 5) is 11.5. The molecule has 5 aromatic rings. The van der Waals surface area contributed by atoms with Crippen LogP contribution in [0.2, 0.25) is 0 Å². The van der Waals surface area contributed by atoms with E-state index in [4.69, 9.17) is 9.72 Å². The molecule has 0 bridgehead atoms. The van der Waals surface area contributed by atoms with E-state index in [0.717, 1.165) is 50.9 Å². The molecule has 6 rings (SSSR count). The first-order valence-corrected chi connectivity index (χ1v) is 9.85.